The van der Waals surface area contributed by atoms with Gasteiger partial charge in [-0.1, -0.05) is 36.2 Å². The van der Waals surface area contributed by atoms with E-state index in [0.717, 1.165) is 12.8 Å². The Kier molecular flexibility index (Phi) is 14.9. The fraction of sp³-hybridized carbons (Fsp3) is 0.390. The number of hydrogen-bond donors (Lipinski definition) is 3. The lowest BCUT2D eigenvalue weighted by Gasteiger charge is -2.33. The molecule has 2 aliphatic heterocycles. The molecule has 3 aromatic heterocycles. The summed E-state index contributed by atoms with van der Waals surface area (Å²) in [6.45, 7) is 6.34. The molecule has 0 bridgehead atoms. The Hall–Kier alpha value is -4.87. The number of morpholine rings is 1. The number of likely N-dealkylation sites (tertiary alicyclic amines) is 1. The van der Waals surface area contributed by atoms with E-state index in [-0.39, 0.29) is 37.3 Å². The van der Waals surface area contributed by atoms with E-state index in [1.165, 1.54) is 18.2 Å². The van der Waals surface area contributed by atoms with Crippen molar-refractivity contribution in [3.63, 3.8) is 0 Å². The molecule has 2 aromatic carbocycles. The molecule has 5 N–H and O–H groups in total. The molecule has 20 heteroatoms. The number of aromatic nitrogens is 3. The second-order valence-corrected chi connectivity index (χ2v) is 19.1. The van der Waals surface area contributed by atoms with E-state index in [9.17, 15) is 31.7 Å². The highest BCUT2D eigenvalue weighted by molar-refractivity contribution is 7.89. The van der Waals surface area contributed by atoms with Crippen LogP contribution in [-0.2, 0) is 47.5 Å². The van der Waals surface area contributed by atoms with Crippen molar-refractivity contribution in [2.24, 2.45) is 11.1 Å². The van der Waals surface area contributed by atoms with Gasteiger partial charge >= 0.3 is 0 Å². The number of rotatable bonds is 13. The molecule has 0 saturated carbocycles. The molecule has 0 spiro atoms. The van der Waals surface area contributed by atoms with Crippen LogP contribution in [0.2, 0.25) is 10.0 Å². The highest BCUT2D eigenvalue weighted by atomic mass is 35.5. The van der Waals surface area contributed by atoms with Gasteiger partial charge in [0.1, 0.15) is 23.8 Å². The number of ether oxygens (including phenoxy) is 1. The van der Waals surface area contributed by atoms with Gasteiger partial charge in [-0.3, -0.25) is 9.59 Å². The molecule has 2 aliphatic rings. The lowest BCUT2D eigenvalue weighted by molar-refractivity contribution is -0.139. The lowest BCUT2D eigenvalue weighted by Crippen LogP contribution is -2.50. The summed E-state index contributed by atoms with van der Waals surface area (Å²) in [7, 11) is -7.94. The minimum absolute atomic E-state index is 0.0264. The van der Waals surface area contributed by atoms with Crippen LogP contribution < -0.4 is 15.6 Å². The van der Waals surface area contributed by atoms with Gasteiger partial charge in [-0.15, -0.1) is 0 Å². The normalized spacial score (nSPS) is 16.1. The van der Waals surface area contributed by atoms with Crippen molar-refractivity contribution in [2.45, 2.75) is 67.6 Å². The van der Waals surface area contributed by atoms with Crippen LogP contribution in [0.1, 0.15) is 44.3 Å². The Morgan fingerprint density at radius 2 is 1.52 bits per heavy atom. The highest BCUT2D eigenvalue weighted by Crippen LogP contribution is 2.32. The molecule has 61 heavy (non-hydrogen) atoms. The molecule has 2 saturated heterocycles. The minimum atomic E-state index is -4.04. The first-order valence-corrected chi connectivity index (χ1v) is 23.6. The molecule has 7 rings (SSSR count). The maximum absolute atomic E-state index is 13.5. The number of hydrogen-bond acceptors (Lipinski definition) is 9. The number of amides is 2. The first kappa shape index (κ1) is 45.7. The van der Waals surface area contributed by atoms with Gasteiger partial charge in [-0.25, -0.2) is 22.0 Å². The van der Waals surface area contributed by atoms with Crippen molar-refractivity contribution >= 4 is 71.7 Å². The van der Waals surface area contributed by atoms with E-state index in [0.29, 0.717) is 87.8 Å². The van der Waals surface area contributed by atoms with Gasteiger partial charge in [0.2, 0.25) is 31.9 Å². The van der Waals surface area contributed by atoms with Crippen molar-refractivity contribution in [1.29, 1.82) is 5.26 Å². The number of nitrogens with one attached hydrogen (secondary N) is 1. The number of nitrogen functional groups attached to an aromatic ring is 1. The second kappa shape index (κ2) is 19.9. The third-order valence-electron chi connectivity index (χ3n) is 11.0. The summed E-state index contributed by atoms with van der Waals surface area (Å²) in [5.74, 6) is 0.279. The Morgan fingerprint density at radius 1 is 0.869 bits per heavy atom. The zero-order valence-electron chi connectivity index (χ0n) is 33.6. The van der Waals surface area contributed by atoms with Crippen molar-refractivity contribution in [3.8, 4) is 6.07 Å². The van der Waals surface area contributed by atoms with Crippen LogP contribution in [0.5, 0.6) is 0 Å². The number of piperidine rings is 1. The number of nitriles is 1. The third kappa shape index (κ3) is 11.2. The molecule has 5 heterocycles. The smallest absolute Gasteiger partial charge is 0.245 e. The SMILES string of the molecule is CC1CCN(C(=O)C(CCn2cccc2)NS(=O)(=O)c2cc(Cl)c(N)c(Cl)c2)CC1.N#Cc1cccn1CCC(C(=O)N1CCOCC1)n1ccc2c(S(N)(=O)=O)cccc21. The first-order chi connectivity index (χ1) is 29.1. The molecule has 2 fully saturated rings. The number of aryl methyl sites for hydroxylation is 2. The predicted molar refractivity (Wildman–Crippen MR) is 233 cm³/mol. The van der Waals surface area contributed by atoms with Crippen LogP contribution in [0, 0.1) is 17.2 Å². The van der Waals surface area contributed by atoms with E-state index >= 15 is 0 Å². The predicted octanol–water partition coefficient (Wildman–Crippen LogP) is 4.82. The van der Waals surface area contributed by atoms with Crippen LogP contribution in [-0.4, -0.2) is 97.6 Å². The van der Waals surface area contributed by atoms with Crippen LogP contribution in [0.15, 0.2) is 95.2 Å². The molecule has 16 nitrogen and oxygen atoms in total. The summed E-state index contributed by atoms with van der Waals surface area (Å²) in [5, 5.41) is 15.2. The molecule has 2 amide bonds. The monoisotopic (exact) mass is 913 g/mol. The van der Waals surface area contributed by atoms with Gasteiger partial charge < -0.3 is 34.0 Å². The number of fused-ring (bicyclic) bond motifs is 1. The van der Waals surface area contributed by atoms with E-state index in [1.807, 2.05) is 35.3 Å². The minimum Gasteiger partial charge on any atom is -0.396 e. The number of halogens is 2. The molecular formula is C41H49Cl2N9O7S2. The van der Waals surface area contributed by atoms with Crippen molar-refractivity contribution in [1.82, 2.24) is 28.2 Å². The van der Waals surface area contributed by atoms with Crippen molar-refractivity contribution in [2.75, 3.05) is 45.1 Å². The number of nitrogens with zero attached hydrogens (tertiary/aromatic N) is 6. The summed E-state index contributed by atoms with van der Waals surface area (Å²) in [4.78, 5) is 30.1. The topological polar surface area (TPSA) is 221 Å². The average Bonchev–Trinajstić information content (AvgIpc) is 4.04. The Morgan fingerprint density at radius 3 is 2.16 bits per heavy atom. The van der Waals surface area contributed by atoms with Crippen LogP contribution in [0.3, 0.4) is 0 Å². The molecule has 5 aromatic rings. The molecule has 2 unspecified atom stereocenters. The number of primary sulfonamides is 1. The maximum Gasteiger partial charge on any atom is 0.245 e. The summed E-state index contributed by atoms with van der Waals surface area (Å²) < 4.78 is 63.5. The Bertz CT molecular complexity index is 2570. The van der Waals surface area contributed by atoms with Gasteiger partial charge in [0.15, 0.2) is 0 Å². The van der Waals surface area contributed by atoms with Crippen molar-refractivity contribution in [3.05, 3.63) is 101 Å². The third-order valence-corrected chi connectivity index (χ3v) is 14.0. The van der Waals surface area contributed by atoms with Crippen LogP contribution in [0.4, 0.5) is 5.69 Å². The molecule has 2 atom stereocenters. The molecule has 326 valence electrons. The molecule has 0 aliphatic carbocycles. The van der Waals surface area contributed by atoms with Gasteiger partial charge in [0, 0.05) is 69.4 Å². The Labute approximate surface area is 365 Å². The van der Waals surface area contributed by atoms with E-state index < -0.39 is 32.1 Å². The number of anilines is 1. The fourth-order valence-corrected chi connectivity index (χ4v) is 10.1. The number of carbonyl (C=O) groups is 2. The highest BCUT2D eigenvalue weighted by Gasteiger charge is 2.32. The maximum atomic E-state index is 13.5. The van der Waals surface area contributed by atoms with Gasteiger partial charge in [0.25, 0.3) is 0 Å². The van der Waals surface area contributed by atoms with E-state index in [1.54, 1.807) is 55.5 Å². The van der Waals surface area contributed by atoms with Crippen molar-refractivity contribution < 1.29 is 31.2 Å². The van der Waals surface area contributed by atoms with E-state index in [2.05, 4.69) is 17.7 Å². The zero-order chi connectivity index (χ0) is 43.9. The van der Waals surface area contributed by atoms with Gasteiger partial charge in [-0.2, -0.15) is 9.98 Å². The summed E-state index contributed by atoms with van der Waals surface area (Å²) in [6.07, 6.45) is 9.84. The average molecular weight is 915 g/mol. The quantitative estimate of drug-likeness (QED) is 0.138. The lowest BCUT2D eigenvalue weighted by atomic mass is 9.98. The summed E-state index contributed by atoms with van der Waals surface area (Å²) in [6, 6.07) is 17.0. The van der Waals surface area contributed by atoms with Gasteiger partial charge in [0.05, 0.1) is 44.3 Å². The standard InChI is InChI=1S/C21H23N5O4S.C20H26Cl2N4O3S/c22-15-16-3-2-8-24(16)9-7-19(21(27)25-11-13-30-14-12-25)26-10-6-17-18(26)4-1-5-20(17)31(23,28)29;1-14-4-10-26(11-5-14)20(27)18(6-9-25-7-2-3-8-25)24-30(28,29)15-12-16(21)19(23)17(22)13-15/h1-6,8,10,19H,7,9,11-14H2,(H2,23,28,29);2-3,7-8,12-14,18,24H,4-6,9-11,23H2,1H3. The fourth-order valence-electron chi connectivity index (χ4n) is 7.48. The number of nitrogens with two attached hydrogens (primary N) is 2. The number of benzene rings is 2. The molecule has 0 radical (unpaired) electrons. The molecular weight excluding hydrogens is 866 g/mol. The first-order valence-electron chi connectivity index (χ1n) is 19.8. The summed E-state index contributed by atoms with van der Waals surface area (Å²) >= 11 is 12.0. The zero-order valence-corrected chi connectivity index (χ0v) is 36.7. The largest absolute Gasteiger partial charge is 0.396 e. The van der Waals surface area contributed by atoms with Crippen LogP contribution in [0.25, 0.3) is 10.9 Å². The number of carbonyl (C=O) groups excluding carboxylic acids is 2. The Balaban J connectivity index is 0.000000204. The van der Waals surface area contributed by atoms with Crippen LogP contribution >= 0.6 is 23.2 Å². The number of sulfonamides is 2. The van der Waals surface area contributed by atoms with Gasteiger partial charge in [-0.05, 0) is 86.2 Å². The van der Waals surface area contributed by atoms with E-state index in [4.69, 9.17) is 38.8 Å². The summed E-state index contributed by atoms with van der Waals surface area (Å²) in [5.41, 5.74) is 6.96. The second-order valence-electron chi connectivity index (χ2n) is 15.1.